The maximum absolute atomic E-state index is 10.6. The first-order valence-electron chi connectivity index (χ1n) is 5.29. The first-order valence-corrected chi connectivity index (χ1v) is 6.17. The molecule has 3 rings (SSSR count). The Morgan fingerprint density at radius 1 is 1.06 bits per heavy atom. The predicted octanol–water partition coefficient (Wildman–Crippen LogP) is 3.34. The third kappa shape index (κ3) is 2.11. The number of hydrogen-bond acceptors (Lipinski definition) is 6. The van der Waals surface area contributed by atoms with Crippen LogP contribution in [0, 0.1) is 5.21 Å². The number of rotatable bonds is 3. The number of fused-ring (bicyclic) bond motifs is 1. The van der Waals surface area contributed by atoms with E-state index in [1.165, 1.54) is 0 Å². The number of hydrogen-bond donors (Lipinski definition) is 2. The van der Waals surface area contributed by atoms with Gasteiger partial charge >= 0.3 is 0 Å². The van der Waals surface area contributed by atoms with Crippen LogP contribution >= 0.6 is 11.3 Å². The standard InChI is InChI=1S/C12H9N4OS/c17-16-9-3-4-13-12(6-9)15-8-1-2-11-10(5-8)14-7-18-11/h1-7H,(H2-,13,15,16,17)/q-1. The Bertz CT molecular complexity index is 682. The van der Waals surface area contributed by atoms with E-state index in [2.05, 4.69) is 15.3 Å². The fourth-order valence-electron chi connectivity index (χ4n) is 1.65. The van der Waals surface area contributed by atoms with Crippen LogP contribution in [0.2, 0.25) is 0 Å². The molecule has 3 aromatic rings. The monoisotopic (exact) mass is 257 g/mol. The summed E-state index contributed by atoms with van der Waals surface area (Å²) in [6.45, 7) is 0. The normalized spacial score (nSPS) is 10.5. The van der Waals surface area contributed by atoms with Gasteiger partial charge in [-0.15, -0.1) is 11.3 Å². The average molecular weight is 257 g/mol. The number of nitrogens with one attached hydrogen (secondary N) is 2. The van der Waals surface area contributed by atoms with Crippen molar-refractivity contribution < 1.29 is 0 Å². The number of benzene rings is 1. The number of thiazole rings is 1. The third-order valence-electron chi connectivity index (χ3n) is 2.48. The lowest BCUT2D eigenvalue weighted by Gasteiger charge is -2.11. The van der Waals surface area contributed by atoms with Crippen LogP contribution in [-0.2, 0) is 0 Å². The van der Waals surface area contributed by atoms with Crippen LogP contribution in [0.1, 0.15) is 0 Å². The smallest absolute Gasteiger partial charge is 0.132 e. The summed E-state index contributed by atoms with van der Waals surface area (Å²) >= 11 is 1.60. The van der Waals surface area contributed by atoms with Crippen LogP contribution in [0.25, 0.3) is 10.2 Å². The molecule has 0 bridgehead atoms. The van der Waals surface area contributed by atoms with Crippen LogP contribution in [0.4, 0.5) is 17.2 Å². The molecule has 0 saturated carbocycles. The fourth-order valence-corrected chi connectivity index (χ4v) is 2.30. The molecule has 90 valence electrons. The largest absolute Gasteiger partial charge is 0.761 e. The lowest BCUT2D eigenvalue weighted by Crippen LogP contribution is -1.94. The van der Waals surface area contributed by atoms with Gasteiger partial charge in [-0.3, -0.25) is 0 Å². The molecule has 1 aromatic carbocycles. The van der Waals surface area contributed by atoms with E-state index in [4.69, 9.17) is 0 Å². The van der Waals surface area contributed by atoms with Crippen LogP contribution in [0.3, 0.4) is 0 Å². The Balaban J connectivity index is 1.90. The van der Waals surface area contributed by atoms with Gasteiger partial charge in [0, 0.05) is 23.6 Å². The van der Waals surface area contributed by atoms with Crippen molar-refractivity contribution in [2.24, 2.45) is 0 Å². The summed E-state index contributed by atoms with van der Waals surface area (Å²) in [5.41, 5.74) is 5.97. The quantitative estimate of drug-likeness (QED) is 0.704. The molecule has 2 N–H and O–H groups in total. The summed E-state index contributed by atoms with van der Waals surface area (Å²) in [5, 5.41) is 13.7. The Morgan fingerprint density at radius 2 is 2.00 bits per heavy atom. The summed E-state index contributed by atoms with van der Waals surface area (Å²) < 4.78 is 1.14. The first-order chi connectivity index (χ1) is 8.85. The van der Waals surface area contributed by atoms with Gasteiger partial charge in [-0.1, -0.05) is 0 Å². The van der Waals surface area contributed by atoms with Gasteiger partial charge in [0.05, 0.1) is 15.7 Å². The van der Waals surface area contributed by atoms with Crippen LogP contribution < -0.4 is 10.8 Å². The Morgan fingerprint density at radius 3 is 2.89 bits per heavy atom. The maximum atomic E-state index is 10.6. The molecule has 0 atom stereocenters. The Kier molecular flexibility index (Phi) is 2.79. The van der Waals surface area contributed by atoms with Gasteiger partial charge < -0.3 is 16.0 Å². The molecule has 0 aliphatic heterocycles. The van der Waals surface area contributed by atoms with E-state index in [1.807, 2.05) is 29.2 Å². The van der Waals surface area contributed by atoms with E-state index in [0.29, 0.717) is 11.5 Å². The molecule has 0 radical (unpaired) electrons. The van der Waals surface area contributed by atoms with Gasteiger partial charge in [0.1, 0.15) is 5.82 Å². The maximum Gasteiger partial charge on any atom is 0.132 e. The minimum atomic E-state index is 0.474. The molecule has 0 saturated heterocycles. The molecule has 5 nitrogen and oxygen atoms in total. The predicted molar refractivity (Wildman–Crippen MR) is 74.1 cm³/mol. The zero-order valence-corrected chi connectivity index (χ0v) is 10.1. The van der Waals surface area contributed by atoms with Crippen molar-refractivity contribution in [3.8, 4) is 0 Å². The topological polar surface area (TPSA) is 72.9 Å². The summed E-state index contributed by atoms with van der Waals surface area (Å²) in [6, 6.07) is 9.18. The highest BCUT2D eigenvalue weighted by Gasteiger charge is 2.00. The SMILES string of the molecule is [O-]Nc1ccnc(Nc2ccc3scnc3c2)c1. The molecule has 0 aliphatic rings. The van der Waals surface area contributed by atoms with E-state index in [1.54, 1.807) is 29.7 Å². The van der Waals surface area contributed by atoms with Crippen molar-refractivity contribution in [2.45, 2.75) is 0 Å². The highest BCUT2D eigenvalue weighted by Crippen LogP contribution is 2.24. The minimum Gasteiger partial charge on any atom is -0.761 e. The second kappa shape index (κ2) is 4.59. The van der Waals surface area contributed by atoms with E-state index in [-0.39, 0.29) is 0 Å². The van der Waals surface area contributed by atoms with Crippen molar-refractivity contribution >= 4 is 38.7 Å². The number of aromatic nitrogens is 2. The highest BCUT2D eigenvalue weighted by molar-refractivity contribution is 7.16. The lowest BCUT2D eigenvalue weighted by atomic mass is 10.3. The average Bonchev–Trinajstić information content (AvgIpc) is 2.86. The van der Waals surface area contributed by atoms with Crippen LogP contribution in [0.15, 0.2) is 42.0 Å². The zero-order chi connectivity index (χ0) is 12.4. The summed E-state index contributed by atoms with van der Waals surface area (Å²) in [6.07, 6.45) is 1.57. The van der Waals surface area contributed by atoms with E-state index in [9.17, 15) is 5.21 Å². The number of pyridine rings is 1. The highest BCUT2D eigenvalue weighted by atomic mass is 32.1. The molecule has 0 spiro atoms. The second-order valence-electron chi connectivity index (χ2n) is 3.69. The molecule has 2 aromatic heterocycles. The lowest BCUT2D eigenvalue weighted by molar-refractivity contribution is 1.31. The van der Waals surface area contributed by atoms with Crippen LogP contribution in [0.5, 0.6) is 0 Å². The Hall–Kier alpha value is -2.18. The molecule has 0 aliphatic carbocycles. The molecule has 0 fully saturated rings. The summed E-state index contributed by atoms with van der Waals surface area (Å²) in [4.78, 5) is 8.39. The van der Waals surface area contributed by atoms with Crippen molar-refractivity contribution in [2.75, 3.05) is 10.8 Å². The van der Waals surface area contributed by atoms with Crippen molar-refractivity contribution in [3.63, 3.8) is 0 Å². The van der Waals surface area contributed by atoms with Gasteiger partial charge in [-0.05, 0) is 24.3 Å². The molecule has 0 unspecified atom stereocenters. The van der Waals surface area contributed by atoms with Crippen LogP contribution in [-0.4, -0.2) is 9.97 Å². The fraction of sp³-hybridized carbons (Fsp3) is 0. The molecular weight excluding hydrogens is 248 g/mol. The van der Waals surface area contributed by atoms with Crippen molar-refractivity contribution in [3.05, 3.63) is 47.2 Å². The zero-order valence-electron chi connectivity index (χ0n) is 9.25. The molecule has 18 heavy (non-hydrogen) atoms. The van der Waals surface area contributed by atoms with Gasteiger partial charge in [-0.2, -0.15) is 0 Å². The molecular formula is C12H9N4OS-. The molecule has 6 heteroatoms. The van der Waals surface area contributed by atoms with Crippen molar-refractivity contribution in [1.82, 2.24) is 9.97 Å². The van der Waals surface area contributed by atoms with Gasteiger partial charge in [0.15, 0.2) is 0 Å². The molecule has 2 heterocycles. The van der Waals surface area contributed by atoms with E-state index in [0.717, 1.165) is 15.9 Å². The van der Waals surface area contributed by atoms with Gasteiger partial charge in [-0.25, -0.2) is 9.97 Å². The second-order valence-corrected chi connectivity index (χ2v) is 4.58. The minimum absolute atomic E-state index is 0.474. The number of nitrogens with zero attached hydrogens (tertiary/aromatic N) is 2. The summed E-state index contributed by atoms with van der Waals surface area (Å²) in [5.74, 6) is 0.616. The van der Waals surface area contributed by atoms with Gasteiger partial charge in [0.2, 0.25) is 0 Å². The molecule has 0 amide bonds. The van der Waals surface area contributed by atoms with Crippen molar-refractivity contribution in [1.29, 1.82) is 0 Å². The Labute approximate surface area is 107 Å². The third-order valence-corrected chi connectivity index (χ3v) is 3.29. The van der Waals surface area contributed by atoms with Gasteiger partial charge in [0.25, 0.3) is 0 Å². The van der Waals surface area contributed by atoms with E-state index < -0.39 is 0 Å². The summed E-state index contributed by atoms with van der Waals surface area (Å²) in [7, 11) is 0. The van der Waals surface area contributed by atoms with E-state index >= 15 is 0 Å². The first kappa shape index (κ1) is 10.9. The number of anilines is 3.